The van der Waals surface area contributed by atoms with Crippen molar-refractivity contribution in [1.82, 2.24) is 30.4 Å². The summed E-state index contributed by atoms with van der Waals surface area (Å²) in [6, 6.07) is 9.99. The first-order chi connectivity index (χ1) is 16.2. The average Bonchev–Trinajstić information content (AvgIpc) is 3.35. The first-order valence-electron chi connectivity index (χ1n) is 10.1. The van der Waals surface area contributed by atoms with Gasteiger partial charge in [0.25, 0.3) is 5.91 Å². The summed E-state index contributed by atoms with van der Waals surface area (Å²) in [5, 5.41) is 14.6. The Hall–Kier alpha value is -3.76. The zero-order valence-corrected chi connectivity index (χ0v) is 20.0. The van der Waals surface area contributed by atoms with Gasteiger partial charge in [-0.25, -0.2) is 14.8 Å². The maximum Gasteiger partial charge on any atom is 0.356 e. The van der Waals surface area contributed by atoms with Gasteiger partial charge in [-0.2, -0.15) is 10.2 Å². The number of halogens is 2. The lowest BCUT2D eigenvalue weighted by molar-refractivity contribution is 0.0519. The molecule has 0 aliphatic carbocycles. The molecule has 0 saturated heterocycles. The smallest absolute Gasteiger partial charge is 0.356 e. The normalized spacial score (nSPS) is 10.1. The second-order valence-electron chi connectivity index (χ2n) is 6.92. The van der Waals surface area contributed by atoms with Crippen LogP contribution in [0.3, 0.4) is 0 Å². The fourth-order valence-corrected chi connectivity index (χ4v) is 3.12. The molecule has 0 aromatic carbocycles. The second-order valence-corrected chi connectivity index (χ2v) is 7.68. The zero-order valence-electron chi connectivity index (χ0n) is 18.5. The van der Waals surface area contributed by atoms with Crippen molar-refractivity contribution in [1.29, 1.82) is 0 Å². The summed E-state index contributed by atoms with van der Waals surface area (Å²) in [4.78, 5) is 30.8. The quantitative estimate of drug-likeness (QED) is 0.322. The summed E-state index contributed by atoms with van der Waals surface area (Å²) in [6.45, 7) is 5.67. The number of carbonyl (C=O) groups is 2. The predicted molar refractivity (Wildman–Crippen MR) is 134 cm³/mol. The third-order valence-electron chi connectivity index (χ3n) is 4.47. The summed E-state index contributed by atoms with van der Waals surface area (Å²) in [6.07, 6.45) is 0. The van der Waals surface area contributed by atoms with Gasteiger partial charge in [-0.1, -0.05) is 42.8 Å². The number of aryl methyl sites for hydroxylation is 2. The lowest BCUT2D eigenvalue weighted by atomic mass is 10.2. The molecule has 4 heterocycles. The standard InChI is InChI=1S/C12H12ClN3O2.C10H9ClN4O.CH4/c1-3-18-12(17)9-6-4-5-8(14-9)11-10(13)7(2)15-16-11;1-5-8(11)9(15-14-5)6-3-2-4-7(13-6)10(12)16;/h4-6H,3H2,1-2H3,(H,15,16);2-4H,1H3,(H2,12,16)(H,14,15);1H4. The number of aromatic nitrogens is 6. The number of nitrogens with zero attached hydrogens (tertiary/aromatic N) is 4. The van der Waals surface area contributed by atoms with Crippen LogP contribution in [-0.4, -0.2) is 48.8 Å². The number of H-pyrrole nitrogens is 2. The molecule has 0 atom stereocenters. The van der Waals surface area contributed by atoms with Crippen LogP contribution in [0.1, 0.15) is 46.7 Å². The number of nitrogens with one attached hydrogen (secondary N) is 2. The van der Waals surface area contributed by atoms with Crippen LogP contribution in [0, 0.1) is 13.8 Å². The minimum absolute atomic E-state index is 0. The van der Waals surface area contributed by atoms with Gasteiger partial charge in [0.1, 0.15) is 22.8 Å². The Labute approximate surface area is 212 Å². The van der Waals surface area contributed by atoms with Gasteiger partial charge in [-0.15, -0.1) is 0 Å². The van der Waals surface area contributed by atoms with Gasteiger partial charge in [-0.05, 0) is 45.0 Å². The summed E-state index contributed by atoms with van der Waals surface area (Å²) in [5.74, 6) is -1.03. The number of aromatic amines is 2. The highest BCUT2D eigenvalue weighted by Crippen LogP contribution is 2.27. The van der Waals surface area contributed by atoms with E-state index in [4.69, 9.17) is 33.7 Å². The molecule has 0 aliphatic heterocycles. The Kier molecular flexibility index (Phi) is 9.50. The predicted octanol–water partition coefficient (Wildman–Crippen LogP) is 4.78. The van der Waals surface area contributed by atoms with Crippen LogP contribution in [0.25, 0.3) is 22.8 Å². The van der Waals surface area contributed by atoms with E-state index in [-0.39, 0.29) is 18.8 Å². The van der Waals surface area contributed by atoms with Crippen molar-refractivity contribution in [2.24, 2.45) is 5.73 Å². The molecule has 0 spiro atoms. The molecule has 12 heteroatoms. The molecule has 4 N–H and O–H groups in total. The van der Waals surface area contributed by atoms with E-state index in [1.165, 1.54) is 0 Å². The van der Waals surface area contributed by atoms with Crippen molar-refractivity contribution in [3.05, 3.63) is 69.2 Å². The van der Waals surface area contributed by atoms with Crippen LogP contribution in [-0.2, 0) is 4.74 Å². The molecule has 10 nitrogen and oxygen atoms in total. The summed E-state index contributed by atoms with van der Waals surface area (Å²) in [7, 11) is 0. The van der Waals surface area contributed by atoms with Crippen LogP contribution in [0.2, 0.25) is 10.0 Å². The van der Waals surface area contributed by atoms with Crippen LogP contribution < -0.4 is 5.73 Å². The van der Waals surface area contributed by atoms with Crippen molar-refractivity contribution in [3.8, 4) is 22.8 Å². The van der Waals surface area contributed by atoms with Crippen molar-refractivity contribution in [3.63, 3.8) is 0 Å². The van der Waals surface area contributed by atoms with Crippen molar-refractivity contribution in [2.75, 3.05) is 6.61 Å². The zero-order chi connectivity index (χ0) is 24.8. The Balaban J connectivity index is 0.000000241. The highest BCUT2D eigenvalue weighted by atomic mass is 35.5. The molecule has 0 unspecified atom stereocenters. The molecule has 4 rings (SSSR count). The fourth-order valence-electron chi connectivity index (χ4n) is 2.76. The third kappa shape index (κ3) is 6.43. The van der Waals surface area contributed by atoms with Gasteiger partial charge < -0.3 is 10.5 Å². The van der Waals surface area contributed by atoms with Crippen LogP contribution in [0.4, 0.5) is 0 Å². The maximum absolute atomic E-state index is 11.6. The van der Waals surface area contributed by atoms with Gasteiger partial charge >= 0.3 is 5.97 Å². The third-order valence-corrected chi connectivity index (χ3v) is 5.39. The average molecular weight is 518 g/mol. The number of amides is 1. The number of ether oxygens (including phenoxy) is 1. The lowest BCUT2D eigenvalue weighted by Crippen LogP contribution is -2.13. The van der Waals surface area contributed by atoms with Crippen molar-refractivity contribution < 1.29 is 14.3 Å². The summed E-state index contributed by atoms with van der Waals surface area (Å²) >= 11 is 12.1. The van der Waals surface area contributed by atoms with Crippen molar-refractivity contribution in [2.45, 2.75) is 28.2 Å². The SMILES string of the molecule is C.CCOC(=O)c1cccc(-c2n[nH]c(C)c2Cl)n1.Cc1[nH]nc(-c2cccc(C(N)=O)n2)c1Cl. The number of carbonyl (C=O) groups excluding carboxylic acids is 2. The van der Waals surface area contributed by atoms with Gasteiger partial charge in [0.05, 0.1) is 39.4 Å². The van der Waals surface area contributed by atoms with Crippen LogP contribution >= 0.6 is 23.2 Å². The monoisotopic (exact) mass is 517 g/mol. The number of hydrogen-bond acceptors (Lipinski definition) is 7. The molecular formula is C23H25Cl2N7O3. The Morgan fingerprint density at radius 1 is 0.886 bits per heavy atom. The second kappa shape index (κ2) is 12.1. The van der Waals surface area contributed by atoms with Crippen molar-refractivity contribution >= 4 is 35.1 Å². The fraction of sp³-hybridized carbons (Fsp3) is 0.217. The van der Waals surface area contributed by atoms with E-state index < -0.39 is 11.9 Å². The van der Waals surface area contributed by atoms with Crippen LogP contribution in [0.5, 0.6) is 0 Å². The van der Waals surface area contributed by atoms with Crippen LogP contribution in [0.15, 0.2) is 36.4 Å². The number of esters is 1. The van der Waals surface area contributed by atoms with Gasteiger partial charge in [0.15, 0.2) is 0 Å². The number of rotatable bonds is 5. The molecule has 0 radical (unpaired) electrons. The van der Waals surface area contributed by atoms with E-state index in [1.807, 2.05) is 6.92 Å². The van der Waals surface area contributed by atoms with Gasteiger partial charge in [-0.3, -0.25) is 15.0 Å². The minimum atomic E-state index is -0.578. The first kappa shape index (κ1) is 27.5. The van der Waals surface area contributed by atoms with E-state index >= 15 is 0 Å². The molecular weight excluding hydrogens is 493 g/mol. The molecule has 0 bridgehead atoms. The molecule has 4 aromatic heterocycles. The van der Waals surface area contributed by atoms with Gasteiger partial charge in [0, 0.05) is 0 Å². The number of nitrogens with two attached hydrogens (primary N) is 1. The molecule has 1 amide bonds. The number of primary amides is 1. The summed E-state index contributed by atoms with van der Waals surface area (Å²) < 4.78 is 4.89. The lowest BCUT2D eigenvalue weighted by Gasteiger charge is -2.02. The molecule has 35 heavy (non-hydrogen) atoms. The Bertz CT molecular complexity index is 1330. The van der Waals surface area contributed by atoms with E-state index in [1.54, 1.807) is 50.2 Å². The summed E-state index contributed by atoms with van der Waals surface area (Å²) in [5.41, 5.74) is 9.18. The van der Waals surface area contributed by atoms with E-state index in [0.29, 0.717) is 39.4 Å². The molecule has 0 fully saturated rings. The topological polar surface area (TPSA) is 153 Å². The first-order valence-corrected chi connectivity index (χ1v) is 10.8. The highest BCUT2D eigenvalue weighted by molar-refractivity contribution is 6.34. The molecule has 0 saturated carbocycles. The minimum Gasteiger partial charge on any atom is -0.461 e. The molecule has 184 valence electrons. The maximum atomic E-state index is 11.6. The number of hydrogen-bond donors (Lipinski definition) is 3. The van der Waals surface area contributed by atoms with Gasteiger partial charge in [0.2, 0.25) is 0 Å². The van der Waals surface area contributed by atoms with E-state index in [2.05, 4.69) is 30.4 Å². The van der Waals surface area contributed by atoms with E-state index in [9.17, 15) is 9.59 Å². The Morgan fingerprint density at radius 2 is 1.34 bits per heavy atom. The Morgan fingerprint density at radius 3 is 1.74 bits per heavy atom. The van der Waals surface area contributed by atoms with E-state index in [0.717, 1.165) is 11.4 Å². The largest absolute Gasteiger partial charge is 0.461 e. The number of pyridine rings is 2. The highest BCUT2D eigenvalue weighted by Gasteiger charge is 2.15. The molecule has 4 aromatic rings. The molecule has 0 aliphatic rings.